The third kappa shape index (κ3) is 2.52. The summed E-state index contributed by atoms with van der Waals surface area (Å²) in [5, 5.41) is 4.07. The lowest BCUT2D eigenvalue weighted by atomic mass is 9.75. The Kier molecular flexibility index (Phi) is 4.00. The van der Waals surface area contributed by atoms with Gasteiger partial charge in [0.2, 0.25) is 5.72 Å². The van der Waals surface area contributed by atoms with E-state index in [0.29, 0.717) is 0 Å². The molecule has 5 nitrogen and oxygen atoms in total. The normalized spacial score (nSPS) is 24.4. The lowest BCUT2D eigenvalue weighted by Crippen LogP contribution is -2.45. The Morgan fingerprint density at radius 1 is 0.920 bits per heavy atom. The molecule has 1 aliphatic carbocycles. The predicted molar refractivity (Wildman–Crippen MR) is 94.5 cm³/mol. The number of rotatable bonds is 2. The van der Waals surface area contributed by atoms with Gasteiger partial charge in [0.05, 0.1) is 0 Å². The molecule has 1 saturated carbocycles. The Labute approximate surface area is 147 Å². The molecule has 0 radical (unpaired) electrons. The summed E-state index contributed by atoms with van der Waals surface area (Å²) < 4.78 is 0. The Balaban J connectivity index is 1.92. The van der Waals surface area contributed by atoms with Gasteiger partial charge in [-0.3, -0.25) is 0 Å². The summed E-state index contributed by atoms with van der Waals surface area (Å²) in [6.07, 6.45) is 5.27. The minimum absolute atomic E-state index is 0.436. The Morgan fingerprint density at radius 2 is 1.60 bits per heavy atom. The average Bonchev–Trinajstić information content (AvgIpc) is 2.66. The smallest absolute Gasteiger partial charge is 0.224 e. The summed E-state index contributed by atoms with van der Waals surface area (Å²) in [5.74, 6) is 0. The van der Waals surface area contributed by atoms with Gasteiger partial charge in [-0.25, -0.2) is 9.78 Å². The molecule has 1 unspecified atom stereocenters. The second-order valence-electron chi connectivity index (χ2n) is 6.97. The highest BCUT2D eigenvalue weighted by molar-refractivity contribution is 5.45. The van der Waals surface area contributed by atoms with Crippen LogP contribution in [-0.2, 0) is 21.1 Å². The number of nitrogens with zero attached hydrogens (tertiary/aromatic N) is 3. The summed E-state index contributed by atoms with van der Waals surface area (Å²) in [7, 11) is 0. The fraction of sp³-hybridized carbons (Fsp3) is 0.400. The molecule has 0 amide bonds. The van der Waals surface area contributed by atoms with E-state index in [1.807, 2.05) is 49.4 Å². The fourth-order valence-electron chi connectivity index (χ4n) is 4.06. The molecule has 5 heteroatoms. The van der Waals surface area contributed by atoms with E-state index >= 15 is 0 Å². The molecule has 1 heterocycles. The standard InChI is InChI=1S/C20H21N3O2/c1-15-9-11-16(12-10-15)20(22-23-21)18-8-4-3-7-17(18)19(24-25-20)13-5-2-6-14-19/h3-4,7-12H,2,5-6,13-14H2,1H3. The van der Waals surface area contributed by atoms with Gasteiger partial charge in [-0.05, 0) is 41.5 Å². The van der Waals surface area contributed by atoms with E-state index in [9.17, 15) is 5.53 Å². The van der Waals surface area contributed by atoms with E-state index in [4.69, 9.17) is 9.78 Å². The van der Waals surface area contributed by atoms with Crippen LogP contribution in [0.15, 0.2) is 53.6 Å². The van der Waals surface area contributed by atoms with Crippen LogP contribution in [0, 0.1) is 6.92 Å². The van der Waals surface area contributed by atoms with Crippen molar-refractivity contribution >= 4 is 0 Å². The molecule has 1 fully saturated rings. The van der Waals surface area contributed by atoms with Crippen molar-refractivity contribution in [3.63, 3.8) is 0 Å². The fourth-order valence-corrected chi connectivity index (χ4v) is 4.06. The van der Waals surface area contributed by atoms with Gasteiger partial charge in [-0.15, -0.1) is 0 Å². The van der Waals surface area contributed by atoms with E-state index in [1.165, 1.54) is 6.42 Å². The first-order chi connectivity index (χ1) is 12.2. The van der Waals surface area contributed by atoms with Crippen LogP contribution in [0.25, 0.3) is 10.4 Å². The Hall–Kier alpha value is -2.33. The van der Waals surface area contributed by atoms with Crippen LogP contribution in [0.2, 0.25) is 0 Å². The third-order valence-electron chi connectivity index (χ3n) is 5.39. The minimum Gasteiger partial charge on any atom is -0.224 e. The molecule has 1 spiro atoms. The van der Waals surface area contributed by atoms with Crippen LogP contribution in [0.4, 0.5) is 0 Å². The number of azide groups is 1. The SMILES string of the molecule is Cc1ccc(C2(N=[N+]=[N-])OOC3(CCCCC3)c3ccccc32)cc1. The molecule has 2 aliphatic rings. The van der Waals surface area contributed by atoms with Gasteiger partial charge < -0.3 is 0 Å². The van der Waals surface area contributed by atoms with Crippen LogP contribution in [-0.4, -0.2) is 0 Å². The van der Waals surface area contributed by atoms with E-state index in [-0.39, 0.29) is 0 Å². The largest absolute Gasteiger partial charge is 0.232 e. The molecular formula is C20H21N3O2. The second-order valence-corrected chi connectivity index (χ2v) is 6.97. The van der Waals surface area contributed by atoms with Crippen LogP contribution in [0.1, 0.15) is 54.4 Å². The van der Waals surface area contributed by atoms with E-state index in [1.54, 1.807) is 0 Å². The third-order valence-corrected chi connectivity index (χ3v) is 5.39. The molecule has 2 aromatic rings. The number of aryl methyl sites for hydroxylation is 1. The summed E-state index contributed by atoms with van der Waals surface area (Å²) in [5.41, 5.74) is 11.4. The molecule has 1 aliphatic heterocycles. The lowest BCUT2D eigenvalue weighted by molar-refractivity contribution is -0.430. The van der Waals surface area contributed by atoms with Gasteiger partial charge >= 0.3 is 0 Å². The van der Waals surface area contributed by atoms with Crippen molar-refractivity contribution < 1.29 is 9.78 Å². The first-order valence-electron chi connectivity index (χ1n) is 8.80. The average molecular weight is 335 g/mol. The topological polar surface area (TPSA) is 67.2 Å². The molecule has 0 aromatic heterocycles. The quantitative estimate of drug-likeness (QED) is 0.309. The summed E-state index contributed by atoms with van der Waals surface area (Å²) in [6, 6.07) is 15.9. The zero-order valence-corrected chi connectivity index (χ0v) is 14.3. The molecule has 0 saturated heterocycles. The first kappa shape index (κ1) is 16.2. The van der Waals surface area contributed by atoms with Crippen LogP contribution in [0.5, 0.6) is 0 Å². The molecule has 128 valence electrons. The maximum absolute atomic E-state index is 9.25. The van der Waals surface area contributed by atoms with Gasteiger partial charge in [0.25, 0.3) is 0 Å². The molecule has 0 N–H and O–H groups in total. The highest BCUT2D eigenvalue weighted by Crippen LogP contribution is 2.52. The van der Waals surface area contributed by atoms with Crippen molar-refractivity contribution in [3.8, 4) is 0 Å². The number of hydrogen-bond acceptors (Lipinski definition) is 3. The molecule has 2 aromatic carbocycles. The van der Waals surface area contributed by atoms with E-state index < -0.39 is 11.3 Å². The van der Waals surface area contributed by atoms with E-state index in [0.717, 1.165) is 47.9 Å². The van der Waals surface area contributed by atoms with Crippen LogP contribution < -0.4 is 0 Å². The number of hydrogen-bond donors (Lipinski definition) is 0. The molecule has 0 bridgehead atoms. The van der Waals surface area contributed by atoms with Gasteiger partial charge in [0, 0.05) is 10.5 Å². The van der Waals surface area contributed by atoms with Gasteiger partial charge in [-0.1, -0.05) is 73.4 Å². The Bertz CT molecular complexity index is 821. The van der Waals surface area contributed by atoms with Crippen molar-refractivity contribution in [1.29, 1.82) is 0 Å². The summed E-state index contributed by atoms with van der Waals surface area (Å²) in [6.45, 7) is 2.02. The second kappa shape index (κ2) is 6.19. The van der Waals surface area contributed by atoms with Gasteiger partial charge in [0.15, 0.2) is 0 Å². The lowest BCUT2D eigenvalue weighted by Gasteiger charge is -2.46. The van der Waals surface area contributed by atoms with Crippen molar-refractivity contribution in [2.45, 2.75) is 50.4 Å². The monoisotopic (exact) mass is 335 g/mol. The maximum Gasteiger partial charge on any atom is 0.232 e. The highest BCUT2D eigenvalue weighted by atomic mass is 17.2. The minimum atomic E-state index is -1.29. The van der Waals surface area contributed by atoms with Crippen molar-refractivity contribution in [2.75, 3.05) is 0 Å². The van der Waals surface area contributed by atoms with Crippen molar-refractivity contribution in [1.82, 2.24) is 0 Å². The number of fused-ring (bicyclic) bond motifs is 2. The first-order valence-corrected chi connectivity index (χ1v) is 8.80. The highest BCUT2D eigenvalue weighted by Gasteiger charge is 2.50. The van der Waals surface area contributed by atoms with E-state index in [2.05, 4.69) is 16.1 Å². The summed E-state index contributed by atoms with van der Waals surface area (Å²) in [4.78, 5) is 15.0. The maximum atomic E-state index is 9.25. The molecular weight excluding hydrogens is 314 g/mol. The Morgan fingerprint density at radius 3 is 2.28 bits per heavy atom. The van der Waals surface area contributed by atoms with Gasteiger partial charge in [0.1, 0.15) is 5.60 Å². The zero-order valence-electron chi connectivity index (χ0n) is 14.3. The summed E-state index contributed by atoms with van der Waals surface area (Å²) >= 11 is 0. The predicted octanol–water partition coefficient (Wildman–Crippen LogP) is 5.63. The zero-order chi connectivity index (χ0) is 17.3. The van der Waals surface area contributed by atoms with Gasteiger partial charge in [-0.2, -0.15) is 0 Å². The molecule has 25 heavy (non-hydrogen) atoms. The number of benzene rings is 2. The molecule has 4 rings (SSSR count). The molecule has 1 atom stereocenters. The van der Waals surface area contributed by atoms with Crippen LogP contribution >= 0.6 is 0 Å². The van der Waals surface area contributed by atoms with Crippen LogP contribution in [0.3, 0.4) is 0 Å². The van der Waals surface area contributed by atoms with Crippen molar-refractivity contribution in [3.05, 3.63) is 81.2 Å². The van der Waals surface area contributed by atoms with Crippen molar-refractivity contribution in [2.24, 2.45) is 5.11 Å².